The van der Waals surface area contributed by atoms with Gasteiger partial charge in [-0.25, -0.2) is 8.42 Å². The van der Waals surface area contributed by atoms with Crippen LogP contribution in [-0.4, -0.2) is 33.7 Å². The minimum absolute atomic E-state index is 0.150. The Bertz CT molecular complexity index is 868. The van der Waals surface area contributed by atoms with E-state index in [4.69, 9.17) is 9.05 Å². The minimum atomic E-state index is -4.07. The molecule has 1 N–H and O–H groups in total. The van der Waals surface area contributed by atoms with Crippen molar-refractivity contribution in [2.45, 2.75) is 44.8 Å². The SMILES string of the molecule is CCCCOP(=O)(OCCCC)C1(NS(C)(=O)=O)C=CC(=O)c2ccccc21. The largest absolute Gasteiger partial charge is 0.360 e. The fourth-order valence-electron chi connectivity index (χ4n) is 2.97. The van der Waals surface area contributed by atoms with E-state index in [2.05, 4.69) is 4.72 Å². The second-order valence-electron chi connectivity index (χ2n) is 6.75. The van der Waals surface area contributed by atoms with Crippen LogP contribution in [0.2, 0.25) is 0 Å². The Morgan fingerprint density at radius 2 is 1.64 bits per heavy atom. The molecule has 0 aliphatic heterocycles. The summed E-state index contributed by atoms with van der Waals surface area (Å²) in [6, 6.07) is 6.48. The maximum Gasteiger partial charge on any atom is 0.360 e. The summed E-state index contributed by atoms with van der Waals surface area (Å²) < 4.78 is 52.5. The summed E-state index contributed by atoms with van der Waals surface area (Å²) >= 11 is 0. The van der Waals surface area contributed by atoms with E-state index >= 15 is 0 Å². The highest BCUT2D eigenvalue weighted by Crippen LogP contribution is 2.66. The zero-order valence-corrected chi connectivity index (χ0v) is 18.2. The van der Waals surface area contributed by atoms with Gasteiger partial charge in [0.15, 0.2) is 11.1 Å². The number of allylic oxidation sites excluding steroid dienone is 1. The molecule has 0 saturated heterocycles. The van der Waals surface area contributed by atoms with E-state index in [-0.39, 0.29) is 30.1 Å². The van der Waals surface area contributed by atoms with Crippen LogP contribution in [0.4, 0.5) is 0 Å². The van der Waals surface area contributed by atoms with Crippen molar-refractivity contribution in [2.24, 2.45) is 0 Å². The van der Waals surface area contributed by atoms with Crippen molar-refractivity contribution < 1.29 is 26.8 Å². The van der Waals surface area contributed by atoms with E-state index in [1.165, 1.54) is 12.2 Å². The second kappa shape index (κ2) is 9.46. The lowest BCUT2D eigenvalue weighted by molar-refractivity contribution is 0.104. The number of unbranched alkanes of at least 4 members (excludes halogenated alkanes) is 2. The molecule has 1 aromatic rings. The van der Waals surface area contributed by atoms with Gasteiger partial charge in [0.25, 0.3) is 0 Å². The molecule has 1 aromatic carbocycles. The number of carbonyl (C=O) groups excluding carboxylic acids is 1. The molecular formula is C19H28NO6PS. The number of hydrogen-bond acceptors (Lipinski definition) is 6. The summed E-state index contributed by atoms with van der Waals surface area (Å²) in [4.78, 5) is 12.4. The van der Waals surface area contributed by atoms with Gasteiger partial charge >= 0.3 is 7.60 Å². The second-order valence-corrected chi connectivity index (χ2v) is 10.7. The van der Waals surface area contributed by atoms with Gasteiger partial charge in [-0.05, 0) is 25.0 Å². The maximum absolute atomic E-state index is 14.1. The standard InChI is InChI=1S/C19H28NO6PS/c1-4-6-14-25-27(22,26-15-7-5-2)19(20-28(3,23)24)13-12-18(21)16-10-8-9-11-17(16)19/h8-13,20H,4-7,14-15H2,1-3H3. The maximum atomic E-state index is 14.1. The van der Waals surface area contributed by atoms with Gasteiger partial charge in [0.1, 0.15) is 0 Å². The van der Waals surface area contributed by atoms with Crippen molar-refractivity contribution in [1.82, 2.24) is 4.72 Å². The predicted molar refractivity (Wildman–Crippen MR) is 109 cm³/mol. The Hall–Kier alpha value is -1.31. The Morgan fingerprint density at radius 3 is 2.18 bits per heavy atom. The molecule has 156 valence electrons. The molecule has 0 aromatic heterocycles. The van der Waals surface area contributed by atoms with Crippen molar-refractivity contribution in [3.63, 3.8) is 0 Å². The normalized spacial score (nSPS) is 19.6. The molecule has 0 radical (unpaired) electrons. The fraction of sp³-hybridized carbons (Fsp3) is 0.526. The van der Waals surface area contributed by atoms with Gasteiger partial charge in [-0.2, -0.15) is 4.72 Å². The molecule has 1 aliphatic carbocycles. The summed E-state index contributed by atoms with van der Waals surface area (Å²) in [6.45, 7) is 4.23. The lowest BCUT2D eigenvalue weighted by Crippen LogP contribution is -2.47. The summed E-state index contributed by atoms with van der Waals surface area (Å²) in [6.07, 6.45) is 6.40. The average molecular weight is 429 g/mol. The first-order valence-corrected chi connectivity index (χ1v) is 12.8. The van der Waals surface area contributed by atoms with Crippen LogP contribution in [0.15, 0.2) is 36.4 Å². The van der Waals surface area contributed by atoms with Crippen LogP contribution in [-0.2, 0) is 28.9 Å². The van der Waals surface area contributed by atoms with Crippen LogP contribution in [0.5, 0.6) is 0 Å². The highest BCUT2D eigenvalue weighted by atomic mass is 32.2. The predicted octanol–water partition coefficient (Wildman–Crippen LogP) is 3.97. The fourth-order valence-corrected chi connectivity index (χ4v) is 6.63. The van der Waals surface area contributed by atoms with E-state index in [0.717, 1.165) is 19.1 Å². The van der Waals surface area contributed by atoms with Crippen molar-refractivity contribution in [3.8, 4) is 0 Å². The van der Waals surface area contributed by atoms with Crippen molar-refractivity contribution in [1.29, 1.82) is 0 Å². The zero-order valence-electron chi connectivity index (χ0n) is 16.5. The summed E-state index contributed by atoms with van der Waals surface area (Å²) in [5.74, 6) is -0.296. The van der Waals surface area contributed by atoms with Crippen LogP contribution in [0.3, 0.4) is 0 Å². The highest BCUT2D eigenvalue weighted by Gasteiger charge is 2.55. The molecule has 0 saturated carbocycles. The first-order valence-electron chi connectivity index (χ1n) is 9.40. The number of hydrogen-bond donors (Lipinski definition) is 1. The summed E-state index contributed by atoms with van der Waals surface area (Å²) in [5, 5.41) is -1.80. The smallest absolute Gasteiger partial charge is 0.307 e. The molecule has 28 heavy (non-hydrogen) atoms. The third-order valence-electron chi connectivity index (χ3n) is 4.37. The number of benzene rings is 1. The Morgan fingerprint density at radius 1 is 1.07 bits per heavy atom. The number of ketones is 1. The van der Waals surface area contributed by atoms with Crippen LogP contribution in [0.1, 0.15) is 55.5 Å². The topological polar surface area (TPSA) is 98.8 Å². The molecule has 1 atom stereocenters. The lowest BCUT2D eigenvalue weighted by atomic mass is 9.92. The molecule has 1 unspecified atom stereocenters. The molecule has 0 bridgehead atoms. The van der Waals surface area contributed by atoms with Crippen molar-refractivity contribution in [3.05, 3.63) is 47.5 Å². The molecule has 0 amide bonds. The van der Waals surface area contributed by atoms with Crippen LogP contribution >= 0.6 is 7.60 Å². The Kier molecular flexibility index (Phi) is 7.76. The third kappa shape index (κ3) is 4.99. The first kappa shape index (κ1) is 23.0. The number of fused-ring (bicyclic) bond motifs is 1. The molecule has 2 rings (SSSR count). The molecule has 1 aliphatic rings. The van der Waals surface area contributed by atoms with E-state index in [0.29, 0.717) is 12.8 Å². The minimum Gasteiger partial charge on any atom is -0.307 e. The monoisotopic (exact) mass is 429 g/mol. The summed E-state index contributed by atoms with van der Waals surface area (Å²) in [5.41, 5.74) is 0.531. The Labute approximate surface area is 167 Å². The molecule has 0 heterocycles. The zero-order chi connectivity index (χ0) is 20.8. The van der Waals surface area contributed by atoms with Crippen LogP contribution in [0.25, 0.3) is 0 Å². The van der Waals surface area contributed by atoms with Gasteiger partial charge < -0.3 is 9.05 Å². The van der Waals surface area contributed by atoms with Gasteiger partial charge in [0, 0.05) is 11.1 Å². The van der Waals surface area contributed by atoms with E-state index < -0.39 is 22.9 Å². The molecule has 9 heteroatoms. The van der Waals surface area contributed by atoms with Crippen LogP contribution in [0, 0.1) is 0 Å². The van der Waals surface area contributed by atoms with E-state index in [1.807, 2.05) is 13.8 Å². The van der Waals surface area contributed by atoms with E-state index in [9.17, 15) is 17.8 Å². The lowest BCUT2D eigenvalue weighted by Gasteiger charge is -2.39. The Balaban J connectivity index is 2.66. The van der Waals surface area contributed by atoms with Crippen molar-refractivity contribution >= 4 is 23.4 Å². The van der Waals surface area contributed by atoms with Gasteiger partial charge in [-0.15, -0.1) is 0 Å². The molecular weight excluding hydrogens is 401 g/mol. The van der Waals surface area contributed by atoms with Gasteiger partial charge in [-0.1, -0.05) is 51.0 Å². The number of nitrogens with one attached hydrogen (secondary N) is 1. The molecule has 0 spiro atoms. The number of carbonyl (C=O) groups is 1. The van der Waals surface area contributed by atoms with Gasteiger partial charge in [0.05, 0.1) is 19.5 Å². The molecule has 7 nitrogen and oxygen atoms in total. The molecule has 0 fully saturated rings. The first-order chi connectivity index (χ1) is 13.2. The van der Waals surface area contributed by atoms with Crippen molar-refractivity contribution in [2.75, 3.05) is 19.5 Å². The average Bonchev–Trinajstić information content (AvgIpc) is 2.64. The van der Waals surface area contributed by atoms with Crippen LogP contribution < -0.4 is 4.72 Å². The number of sulfonamides is 1. The number of rotatable bonds is 11. The summed E-state index contributed by atoms with van der Waals surface area (Å²) in [7, 11) is -7.90. The van der Waals surface area contributed by atoms with E-state index in [1.54, 1.807) is 24.3 Å². The quantitative estimate of drug-likeness (QED) is 0.422. The van der Waals surface area contributed by atoms with Gasteiger partial charge in [-0.3, -0.25) is 9.36 Å². The highest BCUT2D eigenvalue weighted by molar-refractivity contribution is 7.89. The third-order valence-corrected chi connectivity index (χ3v) is 7.63. The van der Waals surface area contributed by atoms with Gasteiger partial charge in [0.2, 0.25) is 10.0 Å².